The molecule has 0 N–H and O–H groups in total. The molecule has 0 heterocycles. The number of ether oxygens (including phenoxy) is 6. The number of benzene rings is 2. The van der Waals surface area contributed by atoms with Gasteiger partial charge in [-0.15, -0.1) is 0 Å². The second kappa shape index (κ2) is 8.37. The van der Waals surface area contributed by atoms with Crippen LogP contribution in [0.2, 0.25) is 0 Å². The van der Waals surface area contributed by atoms with Crippen molar-refractivity contribution < 1.29 is 28.4 Å². The first-order chi connectivity index (χ1) is 12.1. The molecule has 0 unspecified atom stereocenters. The molecule has 0 atom stereocenters. The Morgan fingerprint density at radius 1 is 0.480 bits per heavy atom. The lowest BCUT2D eigenvalue weighted by atomic mass is 10.0. The number of hydrogen-bond acceptors (Lipinski definition) is 6. The van der Waals surface area contributed by atoms with Gasteiger partial charge in [0, 0.05) is 41.8 Å². The Balaban J connectivity index is 2.59. The maximum atomic E-state index is 5.53. The van der Waals surface area contributed by atoms with Gasteiger partial charge < -0.3 is 28.4 Å². The van der Waals surface area contributed by atoms with E-state index >= 15 is 0 Å². The van der Waals surface area contributed by atoms with Gasteiger partial charge in [0.25, 0.3) is 0 Å². The van der Waals surface area contributed by atoms with Gasteiger partial charge in [0.05, 0.1) is 42.7 Å². The van der Waals surface area contributed by atoms with E-state index in [1.165, 1.54) is 0 Å². The van der Waals surface area contributed by atoms with E-state index in [1.54, 1.807) is 42.7 Å². The van der Waals surface area contributed by atoms with Crippen molar-refractivity contribution in [3.8, 4) is 34.5 Å². The Morgan fingerprint density at radius 2 is 0.760 bits per heavy atom. The molecule has 0 bridgehead atoms. The average molecular weight is 348 g/mol. The number of methoxy groups -OCH3 is 6. The largest absolute Gasteiger partial charge is 0.496 e. The van der Waals surface area contributed by atoms with E-state index in [2.05, 4.69) is 0 Å². The molecule has 6 heteroatoms. The van der Waals surface area contributed by atoms with Crippen molar-refractivity contribution in [2.45, 2.75) is 6.42 Å². The maximum absolute atomic E-state index is 5.53. The molecular weight excluding hydrogens is 324 g/mol. The highest BCUT2D eigenvalue weighted by molar-refractivity contribution is 5.58. The Hall–Kier alpha value is -2.76. The second-order valence-corrected chi connectivity index (χ2v) is 5.20. The van der Waals surface area contributed by atoms with Crippen LogP contribution in [0.3, 0.4) is 0 Å². The molecule has 0 spiro atoms. The minimum atomic E-state index is 0.493. The van der Waals surface area contributed by atoms with E-state index in [0.29, 0.717) is 40.9 Å². The van der Waals surface area contributed by atoms with Gasteiger partial charge in [0.1, 0.15) is 34.5 Å². The summed E-state index contributed by atoms with van der Waals surface area (Å²) in [6.45, 7) is 0. The molecule has 0 aliphatic carbocycles. The van der Waals surface area contributed by atoms with Gasteiger partial charge in [0.15, 0.2) is 0 Å². The van der Waals surface area contributed by atoms with Crippen LogP contribution in [0.5, 0.6) is 34.5 Å². The van der Waals surface area contributed by atoms with Crippen molar-refractivity contribution in [2.24, 2.45) is 0 Å². The van der Waals surface area contributed by atoms with Crippen molar-refractivity contribution in [2.75, 3.05) is 42.7 Å². The minimum Gasteiger partial charge on any atom is -0.496 e. The fourth-order valence-corrected chi connectivity index (χ4v) is 2.68. The minimum absolute atomic E-state index is 0.493. The summed E-state index contributed by atoms with van der Waals surface area (Å²) in [6.07, 6.45) is 0.493. The first-order valence-corrected chi connectivity index (χ1v) is 7.69. The summed E-state index contributed by atoms with van der Waals surface area (Å²) in [5, 5.41) is 0. The lowest BCUT2D eigenvalue weighted by Crippen LogP contribution is -2.03. The third-order valence-corrected chi connectivity index (χ3v) is 3.99. The smallest absolute Gasteiger partial charge is 0.129 e. The quantitative estimate of drug-likeness (QED) is 0.729. The van der Waals surface area contributed by atoms with Gasteiger partial charge in [0.2, 0.25) is 0 Å². The van der Waals surface area contributed by atoms with Gasteiger partial charge in [-0.2, -0.15) is 0 Å². The Kier molecular flexibility index (Phi) is 6.22. The molecule has 2 rings (SSSR count). The second-order valence-electron chi connectivity index (χ2n) is 5.20. The predicted octanol–water partition coefficient (Wildman–Crippen LogP) is 3.33. The fraction of sp³-hybridized carbons (Fsp3) is 0.368. The van der Waals surface area contributed by atoms with E-state index in [1.807, 2.05) is 24.3 Å². The van der Waals surface area contributed by atoms with Crippen LogP contribution in [-0.2, 0) is 6.42 Å². The van der Waals surface area contributed by atoms with E-state index < -0.39 is 0 Å². The molecule has 0 saturated heterocycles. The van der Waals surface area contributed by atoms with Crippen molar-refractivity contribution in [3.05, 3.63) is 35.4 Å². The molecule has 2 aromatic carbocycles. The van der Waals surface area contributed by atoms with Crippen LogP contribution in [0.1, 0.15) is 11.1 Å². The SMILES string of the molecule is COc1cc(OC)c(Cc2c(OC)cc(OC)cc2OC)c(OC)c1. The normalized spacial score (nSPS) is 10.2. The summed E-state index contributed by atoms with van der Waals surface area (Å²) in [5.74, 6) is 3.97. The lowest BCUT2D eigenvalue weighted by molar-refractivity contribution is 0.363. The summed E-state index contributed by atoms with van der Waals surface area (Å²) < 4.78 is 32.7. The van der Waals surface area contributed by atoms with Crippen LogP contribution < -0.4 is 28.4 Å². The van der Waals surface area contributed by atoms with Crippen LogP contribution in [0.4, 0.5) is 0 Å². The van der Waals surface area contributed by atoms with Crippen LogP contribution in [0.15, 0.2) is 24.3 Å². The Morgan fingerprint density at radius 3 is 0.960 bits per heavy atom. The molecular formula is C19H24O6. The average Bonchev–Trinajstić information content (AvgIpc) is 2.67. The number of hydrogen-bond donors (Lipinski definition) is 0. The zero-order valence-corrected chi connectivity index (χ0v) is 15.5. The monoisotopic (exact) mass is 348 g/mol. The molecule has 0 saturated carbocycles. The molecule has 0 fully saturated rings. The molecule has 25 heavy (non-hydrogen) atoms. The van der Waals surface area contributed by atoms with E-state index in [-0.39, 0.29) is 0 Å². The molecule has 0 radical (unpaired) electrons. The first-order valence-electron chi connectivity index (χ1n) is 7.69. The fourth-order valence-electron chi connectivity index (χ4n) is 2.68. The Bertz CT molecular complexity index is 614. The van der Waals surface area contributed by atoms with Gasteiger partial charge in [-0.1, -0.05) is 0 Å². The third-order valence-electron chi connectivity index (χ3n) is 3.99. The third kappa shape index (κ3) is 3.84. The van der Waals surface area contributed by atoms with Crippen LogP contribution in [0.25, 0.3) is 0 Å². The van der Waals surface area contributed by atoms with Crippen LogP contribution >= 0.6 is 0 Å². The highest BCUT2D eigenvalue weighted by Crippen LogP contribution is 2.41. The maximum Gasteiger partial charge on any atom is 0.129 e. The first kappa shape index (κ1) is 18.6. The standard InChI is InChI=1S/C19H24O6/c1-20-12-7-16(22-3)14(17(8-12)23-4)11-15-18(24-5)9-13(21-2)10-19(15)25-6/h7-10H,11H2,1-6H3. The summed E-state index contributed by atoms with van der Waals surface area (Å²) in [7, 11) is 9.65. The lowest BCUT2D eigenvalue weighted by Gasteiger charge is -2.18. The summed E-state index contributed by atoms with van der Waals surface area (Å²) in [4.78, 5) is 0. The van der Waals surface area contributed by atoms with E-state index in [9.17, 15) is 0 Å². The van der Waals surface area contributed by atoms with Crippen molar-refractivity contribution >= 4 is 0 Å². The zero-order chi connectivity index (χ0) is 18.4. The van der Waals surface area contributed by atoms with Gasteiger partial charge in [-0.3, -0.25) is 0 Å². The highest BCUT2D eigenvalue weighted by Gasteiger charge is 2.20. The summed E-state index contributed by atoms with van der Waals surface area (Å²) in [6, 6.07) is 7.28. The highest BCUT2D eigenvalue weighted by atomic mass is 16.5. The topological polar surface area (TPSA) is 55.4 Å². The van der Waals surface area contributed by atoms with E-state index in [0.717, 1.165) is 11.1 Å². The molecule has 6 nitrogen and oxygen atoms in total. The predicted molar refractivity (Wildman–Crippen MR) is 95.0 cm³/mol. The van der Waals surface area contributed by atoms with Crippen molar-refractivity contribution in [1.29, 1.82) is 0 Å². The van der Waals surface area contributed by atoms with E-state index in [4.69, 9.17) is 28.4 Å². The van der Waals surface area contributed by atoms with Gasteiger partial charge >= 0.3 is 0 Å². The molecule has 2 aromatic rings. The number of rotatable bonds is 8. The van der Waals surface area contributed by atoms with Crippen molar-refractivity contribution in [1.82, 2.24) is 0 Å². The summed E-state index contributed by atoms with van der Waals surface area (Å²) >= 11 is 0. The van der Waals surface area contributed by atoms with Gasteiger partial charge in [-0.05, 0) is 0 Å². The molecule has 0 aromatic heterocycles. The van der Waals surface area contributed by atoms with Crippen LogP contribution in [0, 0.1) is 0 Å². The molecule has 0 amide bonds. The van der Waals surface area contributed by atoms with Crippen LogP contribution in [-0.4, -0.2) is 42.7 Å². The Labute approximate surface area is 148 Å². The molecule has 0 aliphatic heterocycles. The summed E-state index contributed by atoms with van der Waals surface area (Å²) in [5.41, 5.74) is 1.74. The van der Waals surface area contributed by atoms with Crippen molar-refractivity contribution in [3.63, 3.8) is 0 Å². The molecule has 0 aliphatic rings. The van der Waals surface area contributed by atoms with Gasteiger partial charge in [-0.25, -0.2) is 0 Å². The molecule has 136 valence electrons. The zero-order valence-electron chi connectivity index (χ0n) is 15.5.